The zero-order valence-electron chi connectivity index (χ0n) is 12.2. The van der Waals surface area contributed by atoms with Gasteiger partial charge in [0.2, 0.25) is 0 Å². The van der Waals surface area contributed by atoms with Crippen LogP contribution < -0.4 is 0 Å². The van der Waals surface area contributed by atoms with E-state index in [0.717, 1.165) is 5.25 Å². The minimum absolute atomic E-state index is 0. The van der Waals surface area contributed by atoms with Gasteiger partial charge < -0.3 is 4.74 Å². The molecule has 2 rings (SSSR count). The molecule has 4 heteroatoms. The van der Waals surface area contributed by atoms with Crippen LogP contribution in [0.5, 0.6) is 0 Å². The van der Waals surface area contributed by atoms with Gasteiger partial charge in [0.15, 0.2) is 0 Å². The molecule has 0 aromatic carbocycles. The first kappa shape index (κ1) is 20.3. The zero-order valence-corrected chi connectivity index (χ0v) is 14.1. The van der Waals surface area contributed by atoms with Crippen molar-refractivity contribution in [1.29, 1.82) is 0 Å². The third-order valence-electron chi connectivity index (χ3n) is 2.15. The molecule has 2 aliphatic carbocycles. The first-order valence-corrected chi connectivity index (χ1v) is 6.95. The van der Waals surface area contributed by atoms with Crippen LogP contribution in [0.15, 0.2) is 0 Å². The molecule has 2 fully saturated rings. The van der Waals surface area contributed by atoms with Crippen molar-refractivity contribution in [3.8, 4) is 0 Å². The molecule has 0 bridgehead atoms. The van der Waals surface area contributed by atoms with Crippen LogP contribution in [0.25, 0.3) is 0 Å². The van der Waals surface area contributed by atoms with Gasteiger partial charge in [0.1, 0.15) is 5.92 Å². The fourth-order valence-corrected chi connectivity index (χ4v) is 2.49. The van der Waals surface area contributed by atoms with Gasteiger partial charge in [-0.2, -0.15) is 0 Å². The average molecular weight is 332 g/mol. The topological polar surface area (TPSA) is 26.3 Å². The molecule has 2 nitrogen and oxygen atoms in total. The van der Waals surface area contributed by atoms with E-state index in [0.29, 0.717) is 5.92 Å². The average Bonchev–Trinajstić information content (AvgIpc) is 2.99. The predicted octanol–water partition coefficient (Wildman–Crippen LogP) is 3.44. The van der Waals surface area contributed by atoms with E-state index in [1.165, 1.54) is 7.11 Å². The maximum atomic E-state index is 11.3. The van der Waals surface area contributed by atoms with E-state index < -0.39 is 0 Å². The van der Waals surface area contributed by atoms with E-state index in [2.05, 4.69) is 20.8 Å². The molecule has 0 atom stereocenters. The SMILES string of the molecule is COC(=O)[C]1[CH][CH][CH][C]1SC(C)(C)C.[CH]1[CH][CH][CH][CH]1.[Fe+2]. The summed E-state index contributed by atoms with van der Waals surface area (Å²) in [6, 6.07) is 0. The Morgan fingerprint density at radius 1 is 1.00 bits per heavy atom. The van der Waals surface area contributed by atoms with Crippen molar-refractivity contribution in [3.05, 3.63) is 62.5 Å². The summed E-state index contributed by atoms with van der Waals surface area (Å²) < 4.78 is 4.81. The Balaban J connectivity index is 0.000000507. The van der Waals surface area contributed by atoms with Crippen LogP contribution in [0, 0.1) is 62.5 Å². The predicted molar refractivity (Wildman–Crippen MR) is 80.2 cm³/mol. The fraction of sp³-hybridized carbons (Fsp3) is 0.312. The summed E-state index contributed by atoms with van der Waals surface area (Å²) in [4.78, 5) is 11.3. The van der Waals surface area contributed by atoms with Crippen LogP contribution in [0.4, 0.5) is 0 Å². The maximum absolute atomic E-state index is 11.3. The van der Waals surface area contributed by atoms with E-state index in [9.17, 15) is 4.79 Å². The van der Waals surface area contributed by atoms with Gasteiger partial charge in [-0.25, -0.2) is 0 Å². The van der Waals surface area contributed by atoms with Gasteiger partial charge in [0, 0.05) is 4.75 Å². The van der Waals surface area contributed by atoms with E-state index in [1.807, 2.05) is 44.9 Å². The van der Waals surface area contributed by atoms with Gasteiger partial charge in [-0.1, -0.05) is 20.8 Å². The molecule has 0 aromatic rings. The Hall–Kier alpha value is 0.339. The first-order chi connectivity index (χ1) is 8.94. The van der Waals surface area contributed by atoms with Gasteiger partial charge >= 0.3 is 23.0 Å². The Bertz CT molecular complexity index is 265. The van der Waals surface area contributed by atoms with Gasteiger partial charge in [0.05, 0.1) is 12.4 Å². The molecule has 0 amide bonds. The molecule has 2 saturated carbocycles. The molecule has 10 radical (unpaired) electrons. The van der Waals surface area contributed by atoms with Crippen molar-refractivity contribution in [2.75, 3.05) is 7.11 Å². The van der Waals surface area contributed by atoms with Gasteiger partial charge in [-0.05, 0) is 51.4 Å². The molecule has 0 aliphatic heterocycles. The Morgan fingerprint density at radius 2 is 1.50 bits per heavy atom. The number of carbonyl (C=O) groups is 1. The van der Waals surface area contributed by atoms with Crippen LogP contribution in [0.1, 0.15) is 20.8 Å². The summed E-state index contributed by atoms with van der Waals surface area (Å²) in [7, 11) is 1.40. The van der Waals surface area contributed by atoms with Crippen molar-refractivity contribution < 1.29 is 26.6 Å². The van der Waals surface area contributed by atoms with E-state index in [1.54, 1.807) is 18.2 Å². The zero-order chi connectivity index (χ0) is 14.3. The van der Waals surface area contributed by atoms with E-state index in [-0.39, 0.29) is 27.8 Å². The molecule has 0 unspecified atom stereocenters. The van der Waals surface area contributed by atoms with Gasteiger partial charge in [-0.3, -0.25) is 4.79 Å². The Labute approximate surface area is 139 Å². The fourth-order valence-electron chi connectivity index (χ4n) is 1.42. The van der Waals surface area contributed by atoms with Crippen molar-refractivity contribution in [2.45, 2.75) is 25.5 Å². The van der Waals surface area contributed by atoms with Crippen LogP contribution >= 0.6 is 11.8 Å². The smallest absolute Gasteiger partial charge is 0.469 e. The first-order valence-electron chi connectivity index (χ1n) is 6.14. The number of hydrogen-bond acceptors (Lipinski definition) is 3. The van der Waals surface area contributed by atoms with Crippen LogP contribution in [0.2, 0.25) is 0 Å². The number of ether oxygens (including phenoxy) is 1. The standard InChI is InChI=1S/C11H15O2S.C5H5.Fe/c1-11(2,3)14-9-7-5-6-8(9)10(12)13-4;1-2-4-5-3-1;/h5-7H,1-4H3;1-5H;/q;;+2. The monoisotopic (exact) mass is 332 g/mol. The third kappa shape index (κ3) is 7.95. The summed E-state index contributed by atoms with van der Waals surface area (Å²) in [5, 5.41) is 0.990. The molecule has 108 valence electrons. The van der Waals surface area contributed by atoms with Crippen molar-refractivity contribution in [3.63, 3.8) is 0 Å². The molecule has 20 heavy (non-hydrogen) atoms. The number of thioether (sulfide) groups is 1. The minimum Gasteiger partial charge on any atom is -0.469 e. The summed E-state index contributed by atoms with van der Waals surface area (Å²) in [5.74, 6) is 0.397. The molecule has 0 N–H and O–H groups in total. The molecule has 0 heterocycles. The van der Waals surface area contributed by atoms with Gasteiger partial charge in [0.25, 0.3) is 0 Å². The second-order valence-electron chi connectivity index (χ2n) is 4.97. The number of rotatable bonds is 2. The number of hydrogen-bond donors (Lipinski definition) is 0. The summed E-state index contributed by atoms with van der Waals surface area (Å²) >= 11 is 1.68. The van der Waals surface area contributed by atoms with Crippen LogP contribution in [0.3, 0.4) is 0 Å². The van der Waals surface area contributed by atoms with Crippen molar-refractivity contribution >= 4 is 17.7 Å². The van der Waals surface area contributed by atoms with Crippen molar-refractivity contribution in [2.24, 2.45) is 0 Å². The minimum atomic E-state index is -0.262. The molecule has 0 spiro atoms. The molecule has 0 aromatic heterocycles. The number of methoxy groups -OCH3 is 1. The normalized spacial score (nSPS) is 20.0. The summed E-state index contributed by atoms with van der Waals surface area (Å²) in [6.45, 7) is 6.35. The molecule has 2 aliphatic rings. The van der Waals surface area contributed by atoms with Crippen LogP contribution in [-0.4, -0.2) is 17.8 Å². The van der Waals surface area contributed by atoms with Gasteiger partial charge in [-0.15, -0.1) is 11.8 Å². The summed E-state index contributed by atoms with van der Waals surface area (Å²) in [5.41, 5.74) is 0. The quantitative estimate of drug-likeness (QED) is 0.572. The van der Waals surface area contributed by atoms with E-state index in [4.69, 9.17) is 4.74 Å². The number of carbonyl (C=O) groups excluding carboxylic acids is 1. The van der Waals surface area contributed by atoms with E-state index >= 15 is 0 Å². The molecular weight excluding hydrogens is 312 g/mol. The Morgan fingerprint density at radius 3 is 1.90 bits per heavy atom. The largest absolute Gasteiger partial charge is 2.00 e. The summed E-state index contributed by atoms with van der Waals surface area (Å²) in [6.07, 6.45) is 15.6. The maximum Gasteiger partial charge on any atom is 2.00 e. The number of esters is 1. The van der Waals surface area contributed by atoms with Crippen LogP contribution in [-0.2, 0) is 26.6 Å². The molecule has 0 saturated heterocycles. The molecular formula is C16H20FeO2S+2. The van der Waals surface area contributed by atoms with Crippen molar-refractivity contribution in [1.82, 2.24) is 0 Å². The second-order valence-corrected chi connectivity index (χ2v) is 6.84. The Kier molecular flexibility index (Phi) is 10.3. The third-order valence-corrected chi connectivity index (χ3v) is 3.34. The second kappa shape index (κ2) is 10.1.